The molecule has 2 aromatic rings. The zero-order valence-corrected chi connectivity index (χ0v) is 10.8. The fourth-order valence-corrected chi connectivity index (χ4v) is 2.22. The predicted octanol–water partition coefficient (Wildman–Crippen LogP) is 4.35. The first-order valence-corrected chi connectivity index (χ1v) is 6.37. The van der Waals surface area contributed by atoms with E-state index in [4.69, 9.17) is 0 Å². The van der Waals surface area contributed by atoms with Crippen LogP contribution in [0.2, 0.25) is 0 Å². The molecule has 82 valence electrons. The van der Waals surface area contributed by atoms with Crippen LogP contribution in [0.15, 0.2) is 54.6 Å². The van der Waals surface area contributed by atoms with Gasteiger partial charge < -0.3 is 4.90 Å². The van der Waals surface area contributed by atoms with Crippen LogP contribution in [-0.2, 0) is 5.33 Å². The van der Waals surface area contributed by atoms with Crippen molar-refractivity contribution in [3.8, 4) is 0 Å². The Morgan fingerprint density at radius 2 is 1.56 bits per heavy atom. The van der Waals surface area contributed by atoms with Crippen LogP contribution in [0.5, 0.6) is 0 Å². The number of halogens is 1. The van der Waals surface area contributed by atoms with Gasteiger partial charge in [0.05, 0.1) is 0 Å². The molecule has 0 saturated carbocycles. The van der Waals surface area contributed by atoms with Crippen molar-refractivity contribution in [1.29, 1.82) is 0 Å². The standard InChI is InChI=1S/C14H14BrN/c1-16(13-8-3-2-4-9-13)14-10-6-5-7-12(14)11-15/h2-10H,11H2,1H3. The van der Waals surface area contributed by atoms with E-state index in [1.54, 1.807) is 0 Å². The number of benzene rings is 2. The SMILES string of the molecule is CN(c1ccccc1)c1ccccc1CBr. The summed E-state index contributed by atoms with van der Waals surface area (Å²) in [5.41, 5.74) is 3.75. The molecule has 0 N–H and O–H groups in total. The van der Waals surface area contributed by atoms with Crippen LogP contribution in [-0.4, -0.2) is 7.05 Å². The molecular formula is C14H14BrN. The minimum atomic E-state index is 0.875. The molecule has 0 saturated heterocycles. The van der Waals surface area contributed by atoms with E-state index in [-0.39, 0.29) is 0 Å². The van der Waals surface area contributed by atoms with Crippen LogP contribution in [0.25, 0.3) is 0 Å². The molecule has 0 spiro atoms. The summed E-state index contributed by atoms with van der Waals surface area (Å²) in [6.45, 7) is 0. The van der Waals surface area contributed by atoms with Gasteiger partial charge in [-0.15, -0.1) is 0 Å². The fraction of sp³-hybridized carbons (Fsp3) is 0.143. The molecule has 2 heteroatoms. The Balaban J connectivity index is 2.37. The van der Waals surface area contributed by atoms with Gasteiger partial charge in [0, 0.05) is 23.8 Å². The highest BCUT2D eigenvalue weighted by molar-refractivity contribution is 9.08. The van der Waals surface area contributed by atoms with Gasteiger partial charge in [-0.25, -0.2) is 0 Å². The van der Waals surface area contributed by atoms with Gasteiger partial charge in [0.1, 0.15) is 0 Å². The molecule has 0 aromatic heterocycles. The molecule has 0 radical (unpaired) electrons. The number of hydrogen-bond donors (Lipinski definition) is 0. The maximum Gasteiger partial charge on any atom is 0.0449 e. The lowest BCUT2D eigenvalue weighted by Gasteiger charge is -2.21. The molecular weight excluding hydrogens is 262 g/mol. The Morgan fingerprint density at radius 3 is 2.25 bits per heavy atom. The van der Waals surface area contributed by atoms with E-state index in [0.717, 1.165) is 5.33 Å². The third-order valence-electron chi connectivity index (χ3n) is 2.64. The summed E-state index contributed by atoms with van der Waals surface area (Å²) in [5.74, 6) is 0. The van der Waals surface area contributed by atoms with E-state index in [2.05, 4.69) is 76.4 Å². The van der Waals surface area contributed by atoms with Crippen LogP contribution in [0, 0.1) is 0 Å². The van der Waals surface area contributed by atoms with Crippen LogP contribution in [0.1, 0.15) is 5.56 Å². The quantitative estimate of drug-likeness (QED) is 0.753. The molecule has 2 aromatic carbocycles. The van der Waals surface area contributed by atoms with Crippen molar-refractivity contribution in [2.75, 3.05) is 11.9 Å². The Bertz CT molecular complexity index is 453. The number of hydrogen-bond acceptors (Lipinski definition) is 1. The summed E-state index contributed by atoms with van der Waals surface area (Å²) in [7, 11) is 2.09. The Kier molecular flexibility index (Phi) is 3.62. The van der Waals surface area contributed by atoms with Crippen LogP contribution < -0.4 is 4.90 Å². The normalized spacial score (nSPS) is 10.1. The van der Waals surface area contributed by atoms with Gasteiger partial charge in [-0.05, 0) is 23.8 Å². The van der Waals surface area contributed by atoms with Crippen molar-refractivity contribution in [3.05, 3.63) is 60.2 Å². The summed E-state index contributed by atoms with van der Waals surface area (Å²) < 4.78 is 0. The lowest BCUT2D eigenvalue weighted by Crippen LogP contribution is -2.10. The molecule has 0 atom stereocenters. The van der Waals surface area contributed by atoms with Crippen LogP contribution in [0.3, 0.4) is 0 Å². The zero-order valence-electron chi connectivity index (χ0n) is 9.23. The van der Waals surface area contributed by atoms with Gasteiger partial charge in [-0.1, -0.05) is 52.3 Å². The van der Waals surface area contributed by atoms with E-state index in [1.807, 2.05) is 6.07 Å². The molecule has 0 bridgehead atoms. The lowest BCUT2D eigenvalue weighted by molar-refractivity contribution is 1.18. The fourth-order valence-electron chi connectivity index (χ4n) is 1.74. The van der Waals surface area contributed by atoms with Gasteiger partial charge in [-0.2, -0.15) is 0 Å². The molecule has 0 aliphatic carbocycles. The van der Waals surface area contributed by atoms with Crippen molar-refractivity contribution < 1.29 is 0 Å². The van der Waals surface area contributed by atoms with E-state index in [0.29, 0.717) is 0 Å². The maximum atomic E-state index is 3.52. The third-order valence-corrected chi connectivity index (χ3v) is 3.24. The first-order chi connectivity index (χ1) is 7.83. The summed E-state index contributed by atoms with van der Waals surface area (Å²) >= 11 is 3.52. The lowest BCUT2D eigenvalue weighted by atomic mass is 10.1. The van der Waals surface area contributed by atoms with Crippen LogP contribution in [0.4, 0.5) is 11.4 Å². The molecule has 0 amide bonds. The molecule has 0 heterocycles. The van der Waals surface area contributed by atoms with Crippen molar-refractivity contribution >= 4 is 27.3 Å². The smallest absolute Gasteiger partial charge is 0.0449 e. The highest BCUT2D eigenvalue weighted by Crippen LogP contribution is 2.27. The summed E-state index contributed by atoms with van der Waals surface area (Å²) in [5, 5.41) is 0.875. The molecule has 0 unspecified atom stereocenters. The van der Waals surface area contributed by atoms with Gasteiger partial charge in [0.25, 0.3) is 0 Å². The van der Waals surface area contributed by atoms with Crippen LogP contribution >= 0.6 is 15.9 Å². The summed E-state index contributed by atoms with van der Waals surface area (Å²) in [6.07, 6.45) is 0. The van der Waals surface area contributed by atoms with E-state index in [1.165, 1.54) is 16.9 Å². The third kappa shape index (κ3) is 2.27. The average Bonchev–Trinajstić information content (AvgIpc) is 2.39. The first-order valence-electron chi connectivity index (χ1n) is 5.25. The molecule has 1 nitrogen and oxygen atoms in total. The highest BCUT2D eigenvalue weighted by atomic mass is 79.9. The van der Waals surface area contributed by atoms with Crippen molar-refractivity contribution in [1.82, 2.24) is 0 Å². The minimum absolute atomic E-state index is 0.875. The number of anilines is 2. The Morgan fingerprint density at radius 1 is 0.938 bits per heavy atom. The number of para-hydroxylation sites is 2. The number of rotatable bonds is 3. The van der Waals surface area contributed by atoms with Crippen molar-refractivity contribution in [2.24, 2.45) is 0 Å². The molecule has 16 heavy (non-hydrogen) atoms. The number of alkyl halides is 1. The summed E-state index contributed by atoms with van der Waals surface area (Å²) in [6, 6.07) is 18.8. The topological polar surface area (TPSA) is 3.24 Å². The second kappa shape index (κ2) is 5.17. The van der Waals surface area contributed by atoms with E-state index >= 15 is 0 Å². The highest BCUT2D eigenvalue weighted by Gasteiger charge is 2.06. The number of nitrogens with zero attached hydrogens (tertiary/aromatic N) is 1. The van der Waals surface area contributed by atoms with E-state index in [9.17, 15) is 0 Å². The second-order valence-corrected chi connectivity index (χ2v) is 4.22. The van der Waals surface area contributed by atoms with Gasteiger partial charge in [-0.3, -0.25) is 0 Å². The zero-order chi connectivity index (χ0) is 11.4. The predicted molar refractivity (Wildman–Crippen MR) is 73.6 cm³/mol. The van der Waals surface area contributed by atoms with E-state index < -0.39 is 0 Å². The minimum Gasteiger partial charge on any atom is -0.344 e. The molecule has 0 aliphatic heterocycles. The van der Waals surface area contributed by atoms with Gasteiger partial charge in [0.15, 0.2) is 0 Å². The van der Waals surface area contributed by atoms with Gasteiger partial charge >= 0.3 is 0 Å². The molecule has 0 fully saturated rings. The first kappa shape index (κ1) is 11.2. The maximum absolute atomic E-state index is 3.52. The molecule has 2 rings (SSSR count). The largest absolute Gasteiger partial charge is 0.344 e. The molecule has 0 aliphatic rings. The van der Waals surface area contributed by atoms with Crippen molar-refractivity contribution in [3.63, 3.8) is 0 Å². The Hall–Kier alpha value is -1.28. The van der Waals surface area contributed by atoms with Crippen molar-refractivity contribution in [2.45, 2.75) is 5.33 Å². The average molecular weight is 276 g/mol. The Labute approximate surface area is 105 Å². The van der Waals surface area contributed by atoms with Gasteiger partial charge in [0.2, 0.25) is 0 Å². The second-order valence-electron chi connectivity index (χ2n) is 3.66. The monoisotopic (exact) mass is 275 g/mol. The summed E-state index contributed by atoms with van der Waals surface area (Å²) in [4.78, 5) is 2.20.